The molecule has 0 aromatic heterocycles. The number of guanidine groups is 1. The first-order valence-electron chi connectivity index (χ1n) is 7.03. The van der Waals surface area contributed by atoms with Gasteiger partial charge in [0.2, 0.25) is 0 Å². The van der Waals surface area contributed by atoms with Gasteiger partial charge in [-0.1, -0.05) is 6.07 Å². The molecule has 1 spiro atoms. The summed E-state index contributed by atoms with van der Waals surface area (Å²) in [6, 6.07) is 6.57. The van der Waals surface area contributed by atoms with Crippen molar-refractivity contribution in [2.24, 2.45) is 10.7 Å². The number of hydrogen-bond donors (Lipinski definition) is 1. The van der Waals surface area contributed by atoms with Crippen LogP contribution in [0.4, 0.5) is 10.1 Å². The van der Waals surface area contributed by atoms with Crippen LogP contribution in [0.2, 0.25) is 0 Å². The molecule has 1 aliphatic carbocycles. The van der Waals surface area contributed by atoms with Gasteiger partial charge in [-0.05, 0) is 43.9 Å². The van der Waals surface area contributed by atoms with Crippen molar-refractivity contribution in [3.8, 4) is 0 Å². The topological polar surface area (TPSA) is 50.9 Å². The number of aliphatic imine (C=N–C) groups is 1. The van der Waals surface area contributed by atoms with Crippen LogP contribution >= 0.6 is 0 Å². The molecule has 1 saturated carbocycles. The van der Waals surface area contributed by atoms with Crippen molar-refractivity contribution in [2.45, 2.75) is 37.3 Å². The Morgan fingerprint density at radius 1 is 1.40 bits per heavy atom. The zero-order valence-electron chi connectivity index (χ0n) is 11.7. The van der Waals surface area contributed by atoms with E-state index in [1.807, 2.05) is 11.0 Å². The zero-order valence-corrected chi connectivity index (χ0v) is 11.7. The molecule has 3 rings (SSSR count). The average Bonchev–Trinajstić information content (AvgIpc) is 2.77. The maximum atomic E-state index is 13.5. The summed E-state index contributed by atoms with van der Waals surface area (Å²) in [6.45, 7) is 0.686. The Morgan fingerprint density at radius 2 is 2.15 bits per heavy atom. The fourth-order valence-corrected chi connectivity index (χ4v) is 3.38. The highest BCUT2D eigenvalue weighted by molar-refractivity contribution is 5.98. The quantitative estimate of drug-likeness (QED) is 0.902. The zero-order chi connectivity index (χ0) is 14.2. The molecule has 2 N–H and O–H groups in total. The fourth-order valence-electron chi connectivity index (χ4n) is 3.38. The minimum Gasteiger partial charge on any atom is -0.381 e. The van der Waals surface area contributed by atoms with Crippen LogP contribution in [0.3, 0.4) is 0 Å². The molecule has 0 unspecified atom stereocenters. The van der Waals surface area contributed by atoms with E-state index in [4.69, 9.17) is 10.5 Å². The molecule has 1 heterocycles. The Hall–Kier alpha value is -1.62. The van der Waals surface area contributed by atoms with Gasteiger partial charge in [-0.3, -0.25) is 4.99 Å². The van der Waals surface area contributed by atoms with Crippen LogP contribution < -0.4 is 10.6 Å². The molecule has 0 saturated heterocycles. The number of methoxy groups -OCH3 is 1. The van der Waals surface area contributed by atoms with Crippen LogP contribution in [-0.4, -0.2) is 31.3 Å². The monoisotopic (exact) mass is 277 g/mol. The van der Waals surface area contributed by atoms with Crippen molar-refractivity contribution in [3.63, 3.8) is 0 Å². The molecule has 20 heavy (non-hydrogen) atoms. The van der Waals surface area contributed by atoms with E-state index in [9.17, 15) is 4.39 Å². The summed E-state index contributed by atoms with van der Waals surface area (Å²) in [5.74, 6) is 0.245. The van der Waals surface area contributed by atoms with Gasteiger partial charge in [0.15, 0.2) is 5.96 Å². The lowest BCUT2D eigenvalue weighted by Gasteiger charge is -2.43. The second-order valence-electron chi connectivity index (χ2n) is 5.65. The molecule has 4 nitrogen and oxygen atoms in total. The van der Waals surface area contributed by atoms with Crippen LogP contribution in [-0.2, 0) is 4.74 Å². The Bertz CT molecular complexity index is 524. The van der Waals surface area contributed by atoms with E-state index in [2.05, 4.69) is 4.99 Å². The summed E-state index contributed by atoms with van der Waals surface area (Å²) in [7, 11) is 1.76. The number of benzene rings is 1. The largest absolute Gasteiger partial charge is 0.381 e. The SMILES string of the molecule is COC1CCC2(CC1)CN=C(N)N2c1cccc(F)c1. The number of rotatable bonds is 2. The standard InChI is InChI=1S/C15H20FN3O/c1-20-13-5-7-15(8-6-13)10-18-14(17)19(15)12-4-2-3-11(16)9-12/h2-4,9,13H,5-8,10H2,1H3,(H2,17,18). The predicted octanol–water partition coefficient (Wildman–Crippen LogP) is 2.29. The highest BCUT2D eigenvalue weighted by Crippen LogP contribution is 2.40. The first-order chi connectivity index (χ1) is 9.64. The number of hydrogen-bond acceptors (Lipinski definition) is 4. The Labute approximate surface area is 118 Å². The summed E-state index contributed by atoms with van der Waals surface area (Å²) >= 11 is 0. The van der Waals surface area contributed by atoms with Gasteiger partial charge < -0.3 is 15.4 Å². The molecule has 0 amide bonds. The van der Waals surface area contributed by atoms with E-state index in [0.717, 1.165) is 31.4 Å². The summed E-state index contributed by atoms with van der Waals surface area (Å²) in [5.41, 5.74) is 6.74. The molecule has 1 aromatic rings. The fraction of sp³-hybridized carbons (Fsp3) is 0.533. The predicted molar refractivity (Wildman–Crippen MR) is 77.4 cm³/mol. The van der Waals surface area contributed by atoms with E-state index < -0.39 is 0 Å². The third-order valence-corrected chi connectivity index (χ3v) is 4.50. The summed E-state index contributed by atoms with van der Waals surface area (Å²) in [5, 5.41) is 0. The van der Waals surface area contributed by atoms with Gasteiger partial charge in [-0.25, -0.2) is 4.39 Å². The van der Waals surface area contributed by atoms with E-state index >= 15 is 0 Å². The van der Waals surface area contributed by atoms with Gasteiger partial charge in [0, 0.05) is 12.8 Å². The van der Waals surface area contributed by atoms with Gasteiger partial charge >= 0.3 is 0 Å². The van der Waals surface area contributed by atoms with Gasteiger partial charge in [0.1, 0.15) is 5.82 Å². The molecule has 0 atom stereocenters. The van der Waals surface area contributed by atoms with E-state index in [1.54, 1.807) is 13.2 Å². The number of nitrogens with zero attached hydrogens (tertiary/aromatic N) is 2. The van der Waals surface area contributed by atoms with Crippen molar-refractivity contribution in [1.29, 1.82) is 0 Å². The average molecular weight is 277 g/mol. The van der Waals surface area contributed by atoms with Crippen LogP contribution in [0, 0.1) is 5.82 Å². The smallest absolute Gasteiger partial charge is 0.196 e. The van der Waals surface area contributed by atoms with Gasteiger partial charge in [0.25, 0.3) is 0 Å². The summed E-state index contributed by atoms with van der Waals surface area (Å²) in [4.78, 5) is 6.42. The highest BCUT2D eigenvalue weighted by atomic mass is 19.1. The Morgan fingerprint density at radius 3 is 2.80 bits per heavy atom. The lowest BCUT2D eigenvalue weighted by molar-refractivity contribution is 0.0532. The third kappa shape index (κ3) is 2.16. The molecule has 1 aromatic carbocycles. The molecular formula is C15H20FN3O. The van der Waals surface area contributed by atoms with Crippen LogP contribution in [0.1, 0.15) is 25.7 Å². The maximum absolute atomic E-state index is 13.5. The first kappa shape index (κ1) is 13.4. The molecule has 2 aliphatic rings. The van der Waals surface area contributed by atoms with E-state index in [-0.39, 0.29) is 11.4 Å². The van der Waals surface area contributed by atoms with Crippen molar-refractivity contribution >= 4 is 11.6 Å². The van der Waals surface area contributed by atoms with Gasteiger partial charge in [-0.15, -0.1) is 0 Å². The lowest BCUT2D eigenvalue weighted by atomic mass is 9.79. The summed E-state index contributed by atoms with van der Waals surface area (Å²) < 4.78 is 18.9. The number of nitrogens with two attached hydrogens (primary N) is 1. The lowest BCUT2D eigenvalue weighted by Crippen LogP contribution is -2.54. The molecule has 1 aliphatic heterocycles. The molecular weight excluding hydrogens is 257 g/mol. The first-order valence-corrected chi connectivity index (χ1v) is 7.03. The molecule has 0 bridgehead atoms. The number of halogens is 1. The van der Waals surface area contributed by atoms with E-state index in [1.165, 1.54) is 12.1 Å². The highest BCUT2D eigenvalue weighted by Gasteiger charge is 2.45. The number of ether oxygens (including phenoxy) is 1. The summed E-state index contributed by atoms with van der Waals surface area (Å²) in [6.07, 6.45) is 4.23. The van der Waals surface area contributed by atoms with Crippen LogP contribution in [0.25, 0.3) is 0 Å². The molecule has 0 radical (unpaired) electrons. The van der Waals surface area contributed by atoms with Crippen LogP contribution in [0.15, 0.2) is 29.3 Å². The second kappa shape index (κ2) is 5.05. The molecule has 108 valence electrons. The van der Waals surface area contributed by atoms with Crippen molar-refractivity contribution in [3.05, 3.63) is 30.1 Å². The maximum Gasteiger partial charge on any atom is 0.196 e. The van der Waals surface area contributed by atoms with Crippen LogP contribution in [0.5, 0.6) is 0 Å². The van der Waals surface area contributed by atoms with Gasteiger partial charge in [-0.2, -0.15) is 0 Å². The van der Waals surface area contributed by atoms with Gasteiger partial charge in [0.05, 0.1) is 18.2 Å². The minimum absolute atomic E-state index is 0.104. The van der Waals surface area contributed by atoms with Crippen molar-refractivity contribution in [2.75, 3.05) is 18.6 Å². The Kier molecular flexibility index (Phi) is 3.38. The second-order valence-corrected chi connectivity index (χ2v) is 5.65. The van der Waals surface area contributed by atoms with Crippen molar-refractivity contribution < 1.29 is 9.13 Å². The minimum atomic E-state index is -0.247. The molecule has 5 heteroatoms. The Balaban J connectivity index is 1.89. The third-order valence-electron chi connectivity index (χ3n) is 4.50. The van der Waals surface area contributed by atoms with E-state index in [0.29, 0.717) is 18.6 Å². The normalized spacial score (nSPS) is 29.8. The van der Waals surface area contributed by atoms with Crippen molar-refractivity contribution in [1.82, 2.24) is 0 Å². The molecule has 1 fully saturated rings. The number of anilines is 1.